The minimum atomic E-state index is -0.0789. The number of ether oxygens (including phenoxy) is 1. The summed E-state index contributed by atoms with van der Waals surface area (Å²) in [7, 11) is 0. The molecule has 0 N–H and O–H groups in total. The van der Waals surface area contributed by atoms with Gasteiger partial charge in [-0.3, -0.25) is 0 Å². The van der Waals surface area contributed by atoms with Crippen LogP contribution < -0.4 is 4.74 Å². The molecule has 0 amide bonds. The molecule has 0 unspecified atom stereocenters. The molecule has 0 aromatic heterocycles. The van der Waals surface area contributed by atoms with Crippen LogP contribution in [0.3, 0.4) is 0 Å². The fraction of sp³-hybridized carbons (Fsp3) is 0.294. The normalized spacial score (nSPS) is 15.8. The Balaban J connectivity index is 1.78. The molecule has 0 saturated heterocycles. The molecule has 1 aliphatic rings. The number of hydrogen-bond donors (Lipinski definition) is 0. The molecule has 1 heterocycles. The molecule has 20 heavy (non-hydrogen) atoms. The first-order valence-corrected chi connectivity index (χ1v) is 8.49. The van der Waals surface area contributed by atoms with E-state index in [0.29, 0.717) is 0 Å². The lowest BCUT2D eigenvalue weighted by molar-refractivity contribution is 0.138. The number of hydrogen-bond acceptors (Lipinski definition) is 2. The average Bonchev–Trinajstić information content (AvgIpc) is 2.70. The van der Waals surface area contributed by atoms with Gasteiger partial charge in [-0.2, -0.15) is 0 Å². The van der Waals surface area contributed by atoms with Crippen molar-refractivity contribution in [2.45, 2.75) is 36.5 Å². The molecule has 0 bridgehead atoms. The van der Waals surface area contributed by atoms with E-state index in [9.17, 15) is 0 Å². The van der Waals surface area contributed by atoms with Gasteiger partial charge in [-0.1, -0.05) is 30.3 Å². The van der Waals surface area contributed by atoms with E-state index in [0.717, 1.165) is 22.4 Å². The quantitative estimate of drug-likeness (QED) is 0.681. The molecule has 0 saturated carbocycles. The summed E-state index contributed by atoms with van der Waals surface area (Å²) in [6.45, 7) is 4.27. The summed E-state index contributed by atoms with van der Waals surface area (Å²) in [4.78, 5) is 1.29. The Morgan fingerprint density at radius 3 is 2.70 bits per heavy atom. The van der Waals surface area contributed by atoms with Crippen LogP contribution in [0.4, 0.5) is 0 Å². The van der Waals surface area contributed by atoms with E-state index in [2.05, 4.69) is 72.2 Å². The van der Waals surface area contributed by atoms with Crippen molar-refractivity contribution in [3.8, 4) is 5.75 Å². The maximum Gasteiger partial charge on any atom is 0.124 e. The third-order valence-corrected chi connectivity index (χ3v) is 5.40. The van der Waals surface area contributed by atoms with Gasteiger partial charge in [-0.25, -0.2) is 0 Å². The summed E-state index contributed by atoms with van der Waals surface area (Å²) in [5.41, 5.74) is 2.58. The number of fused-ring (bicyclic) bond motifs is 1. The molecule has 104 valence electrons. The van der Waals surface area contributed by atoms with Crippen molar-refractivity contribution in [2.75, 3.05) is 0 Å². The highest BCUT2D eigenvalue weighted by atomic mass is 79.9. The van der Waals surface area contributed by atoms with Crippen LogP contribution in [0.1, 0.15) is 25.0 Å². The fourth-order valence-corrected chi connectivity index (χ4v) is 4.05. The van der Waals surface area contributed by atoms with Gasteiger partial charge in [0.05, 0.1) is 0 Å². The standard InChI is InChI=1S/C17H17BrOS/c1-17(2)10-13-8-16(14(18)9-15(13)19-17)20-11-12-6-4-3-5-7-12/h3-9H,10-11H2,1-2H3. The predicted octanol–water partition coefficient (Wildman–Crippen LogP) is 5.45. The summed E-state index contributed by atoms with van der Waals surface area (Å²) < 4.78 is 7.07. The number of benzene rings is 2. The van der Waals surface area contributed by atoms with Gasteiger partial charge in [-0.15, -0.1) is 11.8 Å². The summed E-state index contributed by atoms with van der Waals surface area (Å²) >= 11 is 5.52. The highest BCUT2D eigenvalue weighted by Crippen LogP contribution is 2.41. The van der Waals surface area contributed by atoms with Crippen molar-refractivity contribution in [1.82, 2.24) is 0 Å². The van der Waals surface area contributed by atoms with Crippen molar-refractivity contribution < 1.29 is 4.74 Å². The first-order valence-electron chi connectivity index (χ1n) is 6.72. The Hall–Kier alpha value is -0.930. The fourth-order valence-electron chi connectivity index (χ4n) is 2.45. The van der Waals surface area contributed by atoms with E-state index >= 15 is 0 Å². The second-order valence-corrected chi connectivity index (χ2v) is 7.57. The molecule has 0 aliphatic carbocycles. The van der Waals surface area contributed by atoms with E-state index in [1.54, 1.807) is 0 Å². The largest absolute Gasteiger partial charge is 0.487 e. The second kappa shape index (κ2) is 5.45. The smallest absolute Gasteiger partial charge is 0.124 e. The summed E-state index contributed by atoms with van der Waals surface area (Å²) in [5, 5.41) is 0. The van der Waals surface area contributed by atoms with Gasteiger partial charge < -0.3 is 4.74 Å². The lowest BCUT2D eigenvalue weighted by Gasteiger charge is -2.16. The number of rotatable bonds is 3. The molecular weight excluding hydrogens is 332 g/mol. The Bertz CT molecular complexity index is 622. The summed E-state index contributed by atoms with van der Waals surface area (Å²) in [6.07, 6.45) is 0.981. The molecule has 0 radical (unpaired) electrons. The molecule has 1 aliphatic heterocycles. The molecule has 1 nitrogen and oxygen atoms in total. The molecule has 2 aromatic carbocycles. The van der Waals surface area contributed by atoms with E-state index in [1.807, 2.05) is 11.8 Å². The van der Waals surface area contributed by atoms with Gasteiger partial charge >= 0.3 is 0 Å². The van der Waals surface area contributed by atoms with Crippen molar-refractivity contribution in [3.63, 3.8) is 0 Å². The second-order valence-electron chi connectivity index (χ2n) is 5.70. The summed E-state index contributed by atoms with van der Waals surface area (Å²) in [5.74, 6) is 2.01. The van der Waals surface area contributed by atoms with Gasteiger partial charge in [0.15, 0.2) is 0 Å². The van der Waals surface area contributed by atoms with E-state index in [4.69, 9.17) is 4.74 Å². The third kappa shape index (κ3) is 3.04. The zero-order chi connectivity index (χ0) is 14.2. The number of halogens is 1. The van der Waals surface area contributed by atoms with Crippen molar-refractivity contribution in [2.24, 2.45) is 0 Å². The zero-order valence-electron chi connectivity index (χ0n) is 11.7. The Labute approximate surface area is 132 Å². The highest BCUT2D eigenvalue weighted by molar-refractivity contribution is 9.10. The Kier molecular flexibility index (Phi) is 3.83. The van der Waals surface area contributed by atoms with Crippen LogP contribution in [0.5, 0.6) is 5.75 Å². The van der Waals surface area contributed by atoms with Gasteiger partial charge in [0, 0.05) is 21.5 Å². The van der Waals surface area contributed by atoms with E-state index in [1.165, 1.54) is 16.0 Å². The van der Waals surface area contributed by atoms with Crippen molar-refractivity contribution >= 4 is 27.7 Å². The van der Waals surface area contributed by atoms with Gasteiger partial charge in [0.1, 0.15) is 11.4 Å². The molecule has 0 fully saturated rings. The van der Waals surface area contributed by atoms with Crippen LogP contribution in [0.15, 0.2) is 51.8 Å². The first kappa shape index (κ1) is 14.0. The molecule has 2 aromatic rings. The summed E-state index contributed by atoms with van der Waals surface area (Å²) in [6, 6.07) is 14.9. The molecule has 0 spiro atoms. The van der Waals surface area contributed by atoms with Gasteiger partial charge in [0.25, 0.3) is 0 Å². The Morgan fingerprint density at radius 2 is 1.95 bits per heavy atom. The number of thioether (sulfide) groups is 1. The van der Waals surface area contributed by atoms with Crippen LogP contribution in [0, 0.1) is 0 Å². The minimum absolute atomic E-state index is 0.0789. The maximum absolute atomic E-state index is 5.95. The molecule has 3 heteroatoms. The van der Waals surface area contributed by atoms with Crippen LogP contribution >= 0.6 is 27.7 Å². The van der Waals surface area contributed by atoms with Gasteiger partial charge in [-0.05, 0) is 53.0 Å². The van der Waals surface area contributed by atoms with E-state index < -0.39 is 0 Å². The first-order chi connectivity index (χ1) is 9.53. The van der Waals surface area contributed by atoms with Crippen molar-refractivity contribution in [1.29, 1.82) is 0 Å². The monoisotopic (exact) mass is 348 g/mol. The van der Waals surface area contributed by atoms with Crippen LogP contribution in [0.25, 0.3) is 0 Å². The lowest BCUT2D eigenvalue weighted by Crippen LogP contribution is -2.24. The highest BCUT2D eigenvalue weighted by Gasteiger charge is 2.30. The van der Waals surface area contributed by atoms with Gasteiger partial charge in [0.2, 0.25) is 0 Å². The molecule has 0 atom stereocenters. The van der Waals surface area contributed by atoms with Crippen LogP contribution in [0.2, 0.25) is 0 Å². The van der Waals surface area contributed by atoms with E-state index in [-0.39, 0.29) is 5.60 Å². The lowest BCUT2D eigenvalue weighted by atomic mass is 10.0. The van der Waals surface area contributed by atoms with Crippen LogP contribution in [-0.4, -0.2) is 5.60 Å². The minimum Gasteiger partial charge on any atom is -0.487 e. The predicted molar refractivity (Wildman–Crippen MR) is 88.6 cm³/mol. The Morgan fingerprint density at radius 1 is 1.20 bits per heavy atom. The average molecular weight is 349 g/mol. The topological polar surface area (TPSA) is 9.23 Å². The molecule has 3 rings (SSSR count). The third-order valence-electron chi connectivity index (χ3n) is 3.35. The van der Waals surface area contributed by atoms with Crippen molar-refractivity contribution in [3.05, 3.63) is 58.1 Å². The molecular formula is C17H17BrOS. The SMILES string of the molecule is CC1(C)Cc2cc(SCc3ccccc3)c(Br)cc2O1. The zero-order valence-corrected chi connectivity index (χ0v) is 14.1. The van der Waals surface area contributed by atoms with Crippen LogP contribution in [-0.2, 0) is 12.2 Å². The maximum atomic E-state index is 5.95.